The zero-order valence-electron chi connectivity index (χ0n) is 14.1. The van der Waals surface area contributed by atoms with E-state index in [1.807, 2.05) is 41.1 Å². The number of aromatic nitrogens is 2. The number of hydrogen-bond donors (Lipinski definition) is 1. The van der Waals surface area contributed by atoms with E-state index in [1.54, 1.807) is 12.3 Å². The molecule has 1 amide bonds. The lowest BCUT2D eigenvalue weighted by atomic mass is 10.0. The van der Waals surface area contributed by atoms with E-state index in [0.29, 0.717) is 6.04 Å². The van der Waals surface area contributed by atoms with Crippen LogP contribution < -0.4 is 5.32 Å². The smallest absolute Gasteiger partial charge is 0.249 e. The van der Waals surface area contributed by atoms with Gasteiger partial charge in [-0.3, -0.25) is 4.79 Å². The minimum atomic E-state index is -0.132. The third-order valence-corrected chi connectivity index (χ3v) is 4.83. The number of nitrogens with zero attached hydrogens (tertiary/aromatic N) is 2. The highest BCUT2D eigenvalue weighted by atomic mass is 16.1. The number of carbonyl (C=O) groups excluding carboxylic acids is 1. The first kappa shape index (κ1) is 15.6. The molecule has 0 atom stereocenters. The van der Waals surface area contributed by atoms with E-state index < -0.39 is 0 Å². The minimum absolute atomic E-state index is 0.132. The number of rotatable bonds is 4. The molecule has 0 aliphatic heterocycles. The Labute approximate surface area is 147 Å². The molecular formula is C21H21N3O. The Morgan fingerprint density at radius 3 is 2.76 bits per heavy atom. The van der Waals surface area contributed by atoms with E-state index in [-0.39, 0.29) is 5.91 Å². The summed E-state index contributed by atoms with van der Waals surface area (Å²) in [6.07, 6.45) is 9.95. The topological polar surface area (TPSA) is 46.9 Å². The van der Waals surface area contributed by atoms with Crippen molar-refractivity contribution in [1.82, 2.24) is 9.78 Å². The summed E-state index contributed by atoms with van der Waals surface area (Å²) in [7, 11) is 0. The van der Waals surface area contributed by atoms with Crippen LogP contribution in [0.5, 0.6) is 0 Å². The normalized spacial score (nSPS) is 15.2. The molecule has 1 heterocycles. The Kier molecular flexibility index (Phi) is 4.34. The maximum absolute atomic E-state index is 12.3. The quantitative estimate of drug-likeness (QED) is 0.698. The van der Waals surface area contributed by atoms with Crippen LogP contribution in [0.15, 0.2) is 60.8 Å². The molecule has 1 aromatic heterocycles. The Morgan fingerprint density at radius 1 is 1.08 bits per heavy atom. The molecule has 1 aliphatic carbocycles. The van der Waals surface area contributed by atoms with Crippen LogP contribution in [0.25, 0.3) is 16.8 Å². The second-order valence-corrected chi connectivity index (χ2v) is 6.49. The number of hydrogen-bond acceptors (Lipinski definition) is 2. The van der Waals surface area contributed by atoms with Crippen molar-refractivity contribution < 1.29 is 4.79 Å². The minimum Gasteiger partial charge on any atom is -0.307 e. The second kappa shape index (κ2) is 6.93. The largest absolute Gasteiger partial charge is 0.307 e. The molecular weight excluding hydrogens is 310 g/mol. The fraction of sp³-hybridized carbons (Fsp3) is 0.238. The van der Waals surface area contributed by atoms with E-state index in [2.05, 4.69) is 28.6 Å². The molecule has 126 valence electrons. The van der Waals surface area contributed by atoms with Gasteiger partial charge in [-0.2, -0.15) is 5.10 Å². The summed E-state index contributed by atoms with van der Waals surface area (Å²) < 4.78 is 1.96. The average Bonchev–Trinajstić information content (AvgIpc) is 3.31. The van der Waals surface area contributed by atoms with E-state index in [4.69, 9.17) is 0 Å². The number of fused-ring (bicyclic) bond motifs is 1. The first-order valence-corrected chi connectivity index (χ1v) is 8.81. The van der Waals surface area contributed by atoms with Crippen LogP contribution in [-0.2, 0) is 4.79 Å². The van der Waals surface area contributed by atoms with E-state index >= 15 is 0 Å². The van der Waals surface area contributed by atoms with Gasteiger partial charge in [0.2, 0.25) is 5.91 Å². The molecule has 0 bridgehead atoms. The van der Waals surface area contributed by atoms with Crippen molar-refractivity contribution in [3.8, 4) is 0 Å². The lowest BCUT2D eigenvalue weighted by Gasteiger charge is -2.13. The summed E-state index contributed by atoms with van der Waals surface area (Å²) in [5.74, 6) is 0.646. The average molecular weight is 331 g/mol. The highest BCUT2D eigenvalue weighted by Crippen LogP contribution is 2.31. The van der Waals surface area contributed by atoms with Crippen LogP contribution >= 0.6 is 0 Å². The van der Waals surface area contributed by atoms with Gasteiger partial charge < -0.3 is 5.32 Å². The number of carbonyl (C=O) groups is 1. The van der Waals surface area contributed by atoms with Crippen LogP contribution in [0.2, 0.25) is 0 Å². The van der Waals surface area contributed by atoms with E-state index in [0.717, 1.165) is 29.6 Å². The summed E-state index contributed by atoms with van der Waals surface area (Å²) in [6, 6.07) is 16.6. The van der Waals surface area contributed by atoms with Crippen LogP contribution in [0.4, 0.5) is 5.82 Å². The van der Waals surface area contributed by atoms with Crippen molar-refractivity contribution in [3.05, 3.63) is 66.4 Å². The molecule has 4 heteroatoms. The lowest BCUT2D eigenvalue weighted by Crippen LogP contribution is -2.15. The molecule has 0 radical (unpaired) electrons. The maximum Gasteiger partial charge on any atom is 0.249 e. The fourth-order valence-electron chi connectivity index (χ4n) is 3.58. The Balaban J connectivity index is 1.51. The number of benzene rings is 2. The van der Waals surface area contributed by atoms with Gasteiger partial charge in [0.25, 0.3) is 0 Å². The van der Waals surface area contributed by atoms with Crippen molar-refractivity contribution in [2.45, 2.75) is 31.7 Å². The van der Waals surface area contributed by atoms with Gasteiger partial charge in [0.15, 0.2) is 0 Å². The molecule has 1 fully saturated rings. The molecule has 1 aliphatic rings. The predicted molar refractivity (Wildman–Crippen MR) is 101 cm³/mol. The predicted octanol–water partition coefficient (Wildman–Crippen LogP) is 4.80. The van der Waals surface area contributed by atoms with E-state index in [1.165, 1.54) is 18.2 Å². The van der Waals surface area contributed by atoms with Gasteiger partial charge in [-0.25, -0.2) is 4.68 Å². The van der Waals surface area contributed by atoms with Gasteiger partial charge >= 0.3 is 0 Å². The van der Waals surface area contributed by atoms with Crippen molar-refractivity contribution in [3.63, 3.8) is 0 Å². The zero-order valence-corrected chi connectivity index (χ0v) is 14.1. The van der Waals surface area contributed by atoms with Gasteiger partial charge in [0, 0.05) is 12.1 Å². The van der Waals surface area contributed by atoms with Gasteiger partial charge in [-0.05, 0) is 35.3 Å². The first-order chi connectivity index (χ1) is 12.3. The van der Waals surface area contributed by atoms with Crippen LogP contribution in [-0.4, -0.2) is 15.7 Å². The third-order valence-electron chi connectivity index (χ3n) is 4.83. The van der Waals surface area contributed by atoms with Crippen molar-refractivity contribution in [1.29, 1.82) is 0 Å². The Hall–Kier alpha value is -2.88. The fourth-order valence-corrected chi connectivity index (χ4v) is 3.58. The summed E-state index contributed by atoms with van der Waals surface area (Å²) in [6.45, 7) is 0. The highest BCUT2D eigenvalue weighted by molar-refractivity contribution is 6.03. The third kappa shape index (κ3) is 3.33. The molecule has 3 aromatic rings. The van der Waals surface area contributed by atoms with Gasteiger partial charge in [-0.15, -0.1) is 0 Å². The first-order valence-electron chi connectivity index (χ1n) is 8.81. The summed E-state index contributed by atoms with van der Waals surface area (Å²) in [5, 5.41) is 9.66. The van der Waals surface area contributed by atoms with Crippen LogP contribution in [0, 0.1) is 0 Å². The molecule has 0 spiro atoms. The standard InChI is InChI=1S/C21H21N3O/c25-21(23-20-14-15-22-24(20)18-9-2-3-10-18)13-12-17-8-5-7-16-6-1-4-11-19(16)17/h1,4-8,11-15,18H,2-3,9-10H2,(H,23,25)/b13-12+. The Bertz CT molecular complexity index is 914. The van der Waals surface area contributed by atoms with Gasteiger partial charge in [-0.1, -0.05) is 55.3 Å². The van der Waals surface area contributed by atoms with Crippen LogP contribution in [0.3, 0.4) is 0 Å². The number of nitrogens with one attached hydrogen (secondary N) is 1. The lowest BCUT2D eigenvalue weighted by molar-refractivity contribution is -0.111. The highest BCUT2D eigenvalue weighted by Gasteiger charge is 2.20. The van der Waals surface area contributed by atoms with E-state index in [9.17, 15) is 4.79 Å². The second-order valence-electron chi connectivity index (χ2n) is 6.49. The maximum atomic E-state index is 12.3. The molecule has 4 rings (SSSR count). The van der Waals surface area contributed by atoms with Gasteiger partial charge in [0.05, 0.1) is 12.2 Å². The summed E-state index contributed by atoms with van der Waals surface area (Å²) in [4.78, 5) is 12.3. The molecule has 0 saturated heterocycles. The molecule has 2 aromatic carbocycles. The molecule has 1 saturated carbocycles. The summed E-state index contributed by atoms with van der Waals surface area (Å²) in [5.41, 5.74) is 1.04. The van der Waals surface area contributed by atoms with Gasteiger partial charge in [0.1, 0.15) is 5.82 Å². The van der Waals surface area contributed by atoms with Crippen molar-refractivity contribution in [2.75, 3.05) is 5.32 Å². The molecule has 1 N–H and O–H groups in total. The van der Waals surface area contributed by atoms with Crippen molar-refractivity contribution in [2.24, 2.45) is 0 Å². The monoisotopic (exact) mass is 331 g/mol. The van der Waals surface area contributed by atoms with Crippen molar-refractivity contribution >= 4 is 28.6 Å². The molecule has 25 heavy (non-hydrogen) atoms. The Morgan fingerprint density at radius 2 is 1.88 bits per heavy atom. The summed E-state index contributed by atoms with van der Waals surface area (Å²) >= 11 is 0. The molecule has 0 unspecified atom stereocenters. The zero-order chi connectivity index (χ0) is 17.1. The SMILES string of the molecule is O=C(/C=C/c1cccc2ccccc12)Nc1ccnn1C1CCCC1. The molecule has 4 nitrogen and oxygen atoms in total. The van der Waals surface area contributed by atoms with Crippen LogP contribution in [0.1, 0.15) is 37.3 Å². The number of amides is 1. The number of anilines is 1.